The number of hydrogen-bond donors (Lipinski definition) is 0. The highest BCUT2D eigenvalue weighted by molar-refractivity contribution is 6.41. The highest BCUT2D eigenvalue weighted by Gasteiger charge is 2.40. The lowest BCUT2D eigenvalue weighted by molar-refractivity contribution is -0.142. The van der Waals surface area contributed by atoms with Gasteiger partial charge in [-0.15, -0.1) is 0 Å². The molecule has 0 rings (SSSR count). The first-order valence-corrected chi connectivity index (χ1v) is 5.47. The summed E-state index contributed by atoms with van der Waals surface area (Å²) in [5.74, 6) is -0.829. The van der Waals surface area contributed by atoms with Gasteiger partial charge in [-0.3, -0.25) is 9.59 Å². The van der Waals surface area contributed by atoms with Crippen LogP contribution in [0.3, 0.4) is 0 Å². The van der Waals surface area contributed by atoms with E-state index in [1.807, 2.05) is 0 Å². The van der Waals surface area contributed by atoms with Gasteiger partial charge in [-0.2, -0.15) is 0 Å². The van der Waals surface area contributed by atoms with E-state index in [4.69, 9.17) is 11.4 Å². The van der Waals surface area contributed by atoms with Crippen molar-refractivity contribution < 1.29 is 21.0 Å². The van der Waals surface area contributed by atoms with Gasteiger partial charge in [0.2, 0.25) is 0 Å². The summed E-state index contributed by atoms with van der Waals surface area (Å²) in [7, 11) is 1.35. The minimum absolute atomic E-state index is 0.247. The van der Waals surface area contributed by atoms with E-state index >= 15 is 0 Å². The molecule has 0 spiro atoms. The average molecular weight is 204 g/mol. The van der Waals surface area contributed by atoms with Crippen molar-refractivity contribution in [3.8, 4) is 0 Å². The van der Waals surface area contributed by atoms with Gasteiger partial charge in [-0.05, 0) is 0 Å². The van der Waals surface area contributed by atoms with E-state index in [0.717, 1.165) is 0 Å². The lowest BCUT2D eigenvalue weighted by Gasteiger charge is -2.09. The van der Waals surface area contributed by atoms with Crippen LogP contribution in [0.4, 0.5) is 0 Å². The van der Waals surface area contributed by atoms with Crippen LogP contribution in [0, 0.1) is 0 Å². The molecule has 0 aliphatic heterocycles. The molecule has 0 N–H and O–H groups in total. The third-order valence-electron chi connectivity index (χ3n) is 1.23. The molecule has 0 saturated carbocycles. The molecule has 74 valence electrons. The van der Waals surface area contributed by atoms with E-state index in [0.29, 0.717) is 0 Å². The zero-order valence-electron chi connectivity index (χ0n) is 8.03. The quantitative estimate of drug-likeness (QED) is 0.611. The van der Waals surface area contributed by atoms with E-state index in [1.54, 1.807) is 13.8 Å². The molecule has 0 aromatic carbocycles. The lowest BCUT2D eigenvalue weighted by atomic mass is 10.5. The molecule has 0 aromatic rings. The first-order valence-electron chi connectivity index (χ1n) is 4.05. The fourth-order valence-electron chi connectivity index (χ4n) is 0.502. The predicted molar refractivity (Wildman–Crippen MR) is 45.5 cm³/mol. The maximum atomic E-state index is 10.8. The van der Waals surface area contributed by atoms with Crippen molar-refractivity contribution >= 4 is 27.1 Å². The first-order chi connectivity index (χ1) is 6.13. The van der Waals surface area contributed by atoms with Gasteiger partial charge >= 0.3 is 15.1 Å². The second-order valence-corrected chi connectivity index (χ2v) is 3.73. The van der Waals surface area contributed by atoms with E-state index in [2.05, 4.69) is 0 Å². The van der Waals surface area contributed by atoms with Crippen LogP contribution in [0.25, 0.3) is 0 Å². The molecule has 0 unspecified atom stereocenters. The Morgan fingerprint density at radius 2 is 1.46 bits per heavy atom. The molecule has 6 heteroatoms. The zero-order chi connectivity index (χ0) is 10.3. The fraction of sp³-hybridized carbons (Fsp3) is 0.714. The summed E-state index contributed by atoms with van der Waals surface area (Å²) in [6.45, 7) is 3.32. The standard InChI is InChI=1S/2C3H6O2.CH3O.Al/c2*1-2-3(4)5;1-2;/h2*2H2,1H3,(H,4,5);1H3;/q;;-1;+3/p-2. The van der Waals surface area contributed by atoms with Crippen molar-refractivity contribution in [3.63, 3.8) is 0 Å². The van der Waals surface area contributed by atoms with Gasteiger partial charge in [0.25, 0.3) is 11.9 Å². The third-order valence-corrected chi connectivity index (χ3v) is 2.52. The number of rotatable bonds is 5. The van der Waals surface area contributed by atoms with Crippen LogP contribution in [-0.4, -0.2) is 34.2 Å². The molecule has 0 aliphatic carbocycles. The van der Waals surface area contributed by atoms with Crippen molar-refractivity contribution in [1.82, 2.24) is 0 Å². The van der Waals surface area contributed by atoms with Crippen LogP contribution in [0.15, 0.2) is 0 Å². The second kappa shape index (κ2) is 6.90. The molecular formula is C7H13AlO5. The molecule has 13 heavy (non-hydrogen) atoms. The summed E-state index contributed by atoms with van der Waals surface area (Å²) in [5.41, 5.74) is 0. The van der Waals surface area contributed by atoms with E-state index in [9.17, 15) is 9.59 Å². The van der Waals surface area contributed by atoms with Gasteiger partial charge in [-0.25, -0.2) is 0 Å². The molecule has 0 atom stereocenters. The molecule has 0 fully saturated rings. The Morgan fingerprint density at radius 3 is 1.69 bits per heavy atom. The summed E-state index contributed by atoms with van der Waals surface area (Å²) in [6.07, 6.45) is 0.493. The second-order valence-electron chi connectivity index (χ2n) is 2.21. The van der Waals surface area contributed by atoms with Crippen LogP contribution in [0.5, 0.6) is 0 Å². The number of carbonyl (C=O) groups excluding carboxylic acids is 2. The molecule has 0 amide bonds. The largest absolute Gasteiger partial charge is 1.10 e. The van der Waals surface area contributed by atoms with Gasteiger partial charge in [0.1, 0.15) is 0 Å². The monoisotopic (exact) mass is 204 g/mol. The van der Waals surface area contributed by atoms with Crippen molar-refractivity contribution in [2.45, 2.75) is 26.7 Å². The van der Waals surface area contributed by atoms with E-state index < -0.39 is 27.1 Å². The van der Waals surface area contributed by atoms with E-state index in [-0.39, 0.29) is 12.8 Å². The van der Waals surface area contributed by atoms with E-state index in [1.165, 1.54) is 7.11 Å². The highest BCUT2D eigenvalue weighted by Crippen LogP contribution is 1.96. The summed E-state index contributed by atoms with van der Waals surface area (Å²) in [6, 6.07) is 0. The summed E-state index contributed by atoms with van der Waals surface area (Å²) < 4.78 is 14.3. The predicted octanol–water partition coefficient (Wildman–Crippen LogP) is 0.524. The third kappa shape index (κ3) is 5.64. The Kier molecular flexibility index (Phi) is 6.60. The number of hydrogen-bond acceptors (Lipinski definition) is 5. The van der Waals surface area contributed by atoms with Crippen LogP contribution < -0.4 is 0 Å². The van der Waals surface area contributed by atoms with Crippen molar-refractivity contribution in [1.29, 1.82) is 0 Å². The minimum atomic E-state index is -2.56. The normalized spacial score (nSPS) is 9.15. The summed E-state index contributed by atoms with van der Waals surface area (Å²) >= 11 is -2.56. The van der Waals surface area contributed by atoms with Gasteiger partial charge in [0.05, 0.1) is 0 Å². The van der Waals surface area contributed by atoms with Crippen LogP contribution in [0.2, 0.25) is 0 Å². The fourth-order valence-corrected chi connectivity index (χ4v) is 1.50. The van der Waals surface area contributed by atoms with Gasteiger partial charge in [0.15, 0.2) is 0 Å². The summed E-state index contributed by atoms with van der Waals surface area (Å²) in [5, 5.41) is 0. The Labute approximate surface area is 82.4 Å². The summed E-state index contributed by atoms with van der Waals surface area (Å²) in [4.78, 5) is 21.6. The molecule has 5 nitrogen and oxygen atoms in total. The Morgan fingerprint density at radius 1 is 1.08 bits per heavy atom. The molecule has 0 radical (unpaired) electrons. The van der Waals surface area contributed by atoms with Crippen LogP contribution in [0.1, 0.15) is 26.7 Å². The van der Waals surface area contributed by atoms with Crippen molar-refractivity contribution in [3.05, 3.63) is 0 Å². The zero-order valence-corrected chi connectivity index (χ0v) is 9.19. The Bertz CT molecular complexity index is 164. The molecule has 0 aliphatic rings. The molecule has 0 saturated heterocycles. The van der Waals surface area contributed by atoms with Gasteiger partial charge < -0.3 is 11.4 Å². The lowest BCUT2D eigenvalue weighted by Crippen LogP contribution is -2.31. The number of carbonyl (C=O) groups is 2. The topological polar surface area (TPSA) is 61.8 Å². The average Bonchev–Trinajstić information content (AvgIpc) is 2.16. The van der Waals surface area contributed by atoms with Gasteiger partial charge in [0, 0.05) is 20.0 Å². The maximum Gasteiger partial charge on any atom is 1.10 e. The molecule has 0 bridgehead atoms. The highest BCUT2D eigenvalue weighted by atomic mass is 27.3. The molecule has 0 heterocycles. The van der Waals surface area contributed by atoms with Crippen LogP contribution >= 0.6 is 0 Å². The van der Waals surface area contributed by atoms with Crippen molar-refractivity contribution in [2.75, 3.05) is 7.11 Å². The van der Waals surface area contributed by atoms with Crippen LogP contribution in [-0.2, 0) is 21.0 Å². The Balaban J connectivity index is 3.89. The molecular weight excluding hydrogens is 191 g/mol. The van der Waals surface area contributed by atoms with Crippen molar-refractivity contribution in [2.24, 2.45) is 0 Å². The van der Waals surface area contributed by atoms with Gasteiger partial charge in [-0.1, -0.05) is 13.8 Å². The minimum Gasteiger partial charge on any atom is -0.562 e. The molecule has 0 aromatic heterocycles. The SMILES string of the molecule is CCC(=O)[O][Al]([O]C)[O]C(=O)CC. The Hall–Kier alpha value is -0.568. The smallest absolute Gasteiger partial charge is 0.562 e. The first kappa shape index (κ1) is 12.4. The maximum absolute atomic E-state index is 10.8.